The van der Waals surface area contributed by atoms with Crippen molar-refractivity contribution in [2.24, 2.45) is 0 Å². The van der Waals surface area contributed by atoms with Gasteiger partial charge in [-0.2, -0.15) is 0 Å². The molecule has 3 aliphatic rings. The third kappa shape index (κ3) is 10.2. The Hall–Kier alpha value is -5.32. The third-order valence-corrected chi connectivity index (χ3v) is 10.3. The maximum Gasteiger partial charge on any atom is 0.263 e. The predicted molar refractivity (Wildman–Crippen MR) is 212 cm³/mol. The van der Waals surface area contributed by atoms with Crippen molar-refractivity contribution in [1.82, 2.24) is 20.6 Å². The first-order chi connectivity index (χ1) is 26.3. The SMILES string of the molecule is CCCC(CC)NC(=O)C1CN(Cc2ccc(=O)[nH]c2)c2ccccc2O1.Cc1ccc(CN2CC(C(=O)NC3CCCCC3)Oc3ccccc32)cn1. The molecule has 0 bridgehead atoms. The number of anilines is 2. The zero-order chi connectivity index (χ0) is 37.9. The Bertz CT molecular complexity index is 1870. The van der Waals surface area contributed by atoms with Crippen LogP contribution >= 0.6 is 0 Å². The highest BCUT2D eigenvalue weighted by atomic mass is 16.5. The summed E-state index contributed by atoms with van der Waals surface area (Å²) < 4.78 is 12.0. The van der Waals surface area contributed by atoms with E-state index in [2.05, 4.69) is 50.3 Å². The molecule has 2 amide bonds. The molecular formula is C43H54N6O5. The molecule has 3 unspecified atom stereocenters. The van der Waals surface area contributed by atoms with Gasteiger partial charge in [0.05, 0.1) is 24.5 Å². The topological polar surface area (TPSA) is 129 Å². The number of benzene rings is 2. The number of aromatic nitrogens is 2. The van der Waals surface area contributed by atoms with Gasteiger partial charge in [0, 0.05) is 49.3 Å². The maximum absolute atomic E-state index is 12.8. The van der Waals surface area contributed by atoms with E-state index in [0.717, 1.165) is 66.0 Å². The smallest absolute Gasteiger partial charge is 0.263 e. The number of amides is 2. The summed E-state index contributed by atoms with van der Waals surface area (Å²) in [6.45, 7) is 8.50. The number of pyridine rings is 2. The summed E-state index contributed by atoms with van der Waals surface area (Å²) in [6.07, 6.45) is 11.3. The van der Waals surface area contributed by atoms with E-state index in [0.29, 0.717) is 38.0 Å². The van der Waals surface area contributed by atoms with Crippen molar-refractivity contribution in [2.45, 2.75) is 110 Å². The zero-order valence-corrected chi connectivity index (χ0v) is 31.8. The van der Waals surface area contributed by atoms with E-state index >= 15 is 0 Å². The highest BCUT2D eigenvalue weighted by Gasteiger charge is 2.33. The first-order valence-electron chi connectivity index (χ1n) is 19.5. The summed E-state index contributed by atoms with van der Waals surface area (Å²) in [5, 5.41) is 6.33. The number of H-pyrrole nitrogens is 1. The van der Waals surface area contributed by atoms with Crippen LogP contribution in [0, 0.1) is 6.92 Å². The normalized spacial score (nSPS) is 18.4. The van der Waals surface area contributed by atoms with Crippen LogP contribution in [0.5, 0.6) is 11.5 Å². The Morgan fingerprint density at radius 3 is 2.00 bits per heavy atom. The molecule has 286 valence electrons. The molecule has 2 aromatic heterocycles. The molecule has 3 N–H and O–H groups in total. The van der Waals surface area contributed by atoms with E-state index in [9.17, 15) is 14.4 Å². The molecule has 1 aliphatic carbocycles. The van der Waals surface area contributed by atoms with Crippen molar-refractivity contribution in [2.75, 3.05) is 22.9 Å². The molecule has 7 rings (SSSR count). The number of ether oxygens (including phenoxy) is 2. The van der Waals surface area contributed by atoms with E-state index in [1.807, 2.05) is 67.7 Å². The van der Waals surface area contributed by atoms with Crippen molar-refractivity contribution >= 4 is 23.2 Å². The van der Waals surface area contributed by atoms with Crippen LogP contribution in [0.3, 0.4) is 0 Å². The molecule has 0 spiro atoms. The van der Waals surface area contributed by atoms with Crippen molar-refractivity contribution in [3.8, 4) is 11.5 Å². The van der Waals surface area contributed by atoms with Crippen molar-refractivity contribution in [3.05, 3.63) is 112 Å². The molecule has 11 heteroatoms. The number of fused-ring (bicyclic) bond motifs is 2. The molecule has 1 fully saturated rings. The second-order valence-corrected chi connectivity index (χ2v) is 14.5. The largest absolute Gasteiger partial charge is 0.477 e. The number of carbonyl (C=O) groups is 2. The number of nitrogens with zero attached hydrogens (tertiary/aromatic N) is 3. The van der Waals surface area contributed by atoms with Gasteiger partial charge in [0.15, 0.2) is 12.2 Å². The number of carbonyl (C=O) groups excluding carboxylic acids is 2. The van der Waals surface area contributed by atoms with E-state index in [1.165, 1.54) is 25.3 Å². The van der Waals surface area contributed by atoms with Crippen molar-refractivity contribution in [3.63, 3.8) is 0 Å². The molecule has 1 saturated carbocycles. The van der Waals surface area contributed by atoms with Crippen LogP contribution in [0.25, 0.3) is 0 Å². The summed E-state index contributed by atoms with van der Waals surface area (Å²) >= 11 is 0. The summed E-state index contributed by atoms with van der Waals surface area (Å²) in [5.74, 6) is 1.41. The van der Waals surface area contributed by atoms with Crippen LogP contribution in [0.2, 0.25) is 0 Å². The molecule has 2 aromatic carbocycles. The van der Waals surface area contributed by atoms with E-state index in [1.54, 1.807) is 12.3 Å². The third-order valence-electron chi connectivity index (χ3n) is 10.3. The van der Waals surface area contributed by atoms with Gasteiger partial charge in [-0.1, -0.05) is 75.9 Å². The fourth-order valence-electron chi connectivity index (χ4n) is 7.32. The van der Waals surface area contributed by atoms with Gasteiger partial charge in [0.25, 0.3) is 11.8 Å². The lowest BCUT2D eigenvalue weighted by Crippen LogP contribution is -2.51. The number of rotatable bonds is 11. The van der Waals surface area contributed by atoms with Crippen LogP contribution in [0.15, 0.2) is 90.0 Å². The molecule has 0 radical (unpaired) electrons. The van der Waals surface area contributed by atoms with Crippen molar-refractivity contribution in [1.29, 1.82) is 0 Å². The van der Waals surface area contributed by atoms with Gasteiger partial charge in [0.1, 0.15) is 11.5 Å². The molecular weight excluding hydrogens is 681 g/mol. The predicted octanol–water partition coefficient (Wildman–Crippen LogP) is 6.44. The van der Waals surface area contributed by atoms with Crippen LogP contribution < -0.4 is 35.5 Å². The average Bonchev–Trinajstić information content (AvgIpc) is 3.20. The molecule has 3 atom stereocenters. The first-order valence-corrected chi connectivity index (χ1v) is 19.5. The molecule has 4 heterocycles. The molecule has 2 aliphatic heterocycles. The van der Waals surface area contributed by atoms with Crippen LogP contribution in [-0.4, -0.2) is 59.2 Å². The highest BCUT2D eigenvalue weighted by molar-refractivity contribution is 5.84. The fourth-order valence-corrected chi connectivity index (χ4v) is 7.32. The lowest BCUT2D eigenvalue weighted by atomic mass is 9.95. The summed E-state index contributed by atoms with van der Waals surface area (Å²) in [4.78, 5) is 48.4. The zero-order valence-electron chi connectivity index (χ0n) is 31.8. The number of hydrogen-bond donors (Lipinski definition) is 3. The number of hydrogen-bond acceptors (Lipinski definition) is 8. The van der Waals surface area contributed by atoms with Crippen LogP contribution in [-0.2, 0) is 22.7 Å². The summed E-state index contributed by atoms with van der Waals surface area (Å²) in [7, 11) is 0. The number of aryl methyl sites for hydroxylation is 1. The number of para-hydroxylation sites is 4. The van der Waals surface area contributed by atoms with E-state index < -0.39 is 12.2 Å². The van der Waals surface area contributed by atoms with Crippen LogP contribution in [0.4, 0.5) is 11.4 Å². The van der Waals surface area contributed by atoms with Gasteiger partial charge in [-0.05, 0) is 74.1 Å². The van der Waals surface area contributed by atoms with Gasteiger partial charge in [0.2, 0.25) is 5.56 Å². The number of aromatic amines is 1. The van der Waals surface area contributed by atoms with Gasteiger partial charge >= 0.3 is 0 Å². The minimum atomic E-state index is -0.562. The second-order valence-electron chi connectivity index (χ2n) is 14.5. The Labute approximate surface area is 318 Å². The Kier molecular flexibility index (Phi) is 13.2. The Morgan fingerprint density at radius 1 is 0.815 bits per heavy atom. The van der Waals surface area contributed by atoms with Crippen molar-refractivity contribution < 1.29 is 19.1 Å². The van der Waals surface area contributed by atoms with E-state index in [-0.39, 0.29) is 23.4 Å². The fraction of sp³-hybridized carbons (Fsp3) is 0.442. The van der Waals surface area contributed by atoms with E-state index in [4.69, 9.17) is 9.47 Å². The van der Waals surface area contributed by atoms with Gasteiger partial charge in [-0.3, -0.25) is 19.4 Å². The van der Waals surface area contributed by atoms with Gasteiger partial charge in [-0.25, -0.2) is 0 Å². The van der Waals surface area contributed by atoms with Gasteiger partial charge in [-0.15, -0.1) is 0 Å². The quantitative estimate of drug-likeness (QED) is 0.161. The minimum absolute atomic E-state index is 0.00318. The molecule has 4 aromatic rings. The molecule has 54 heavy (non-hydrogen) atoms. The van der Waals surface area contributed by atoms with Gasteiger partial charge < -0.3 is 34.9 Å². The second kappa shape index (κ2) is 18.6. The summed E-state index contributed by atoms with van der Waals surface area (Å²) in [5.41, 5.74) is 4.96. The lowest BCUT2D eigenvalue weighted by Gasteiger charge is -2.36. The minimum Gasteiger partial charge on any atom is -0.477 e. The Morgan fingerprint density at radius 2 is 1.43 bits per heavy atom. The maximum atomic E-state index is 12.8. The standard InChI is InChI=1S/C22H27N3O2.C21H27N3O3/c1-16-11-12-17(13-23-16)14-25-15-21(27-20-10-6-5-9-19(20)25)22(26)24-18-7-3-2-4-8-18;1-3-7-16(4-2)23-21(26)19-14-24(13-15-10-11-20(25)22-12-15)17-8-5-6-9-18(17)27-19/h5-6,9-13,18,21H,2-4,7-8,14-15H2,1H3,(H,24,26);5-6,8-12,16,19H,3-4,7,13-14H2,1-2H3,(H,22,25)(H,23,26). The number of nitrogens with one attached hydrogen (secondary N) is 3. The first kappa shape index (κ1) is 38.4. The Balaban J connectivity index is 0.000000184. The summed E-state index contributed by atoms with van der Waals surface area (Å²) in [6, 6.07) is 23.6. The molecule has 11 nitrogen and oxygen atoms in total. The highest BCUT2D eigenvalue weighted by Crippen LogP contribution is 2.35. The monoisotopic (exact) mass is 734 g/mol. The van der Waals surface area contributed by atoms with Crippen LogP contribution in [0.1, 0.15) is 82.0 Å². The lowest BCUT2D eigenvalue weighted by molar-refractivity contribution is -0.129. The average molecular weight is 735 g/mol. The molecule has 0 saturated heterocycles.